The van der Waals surface area contributed by atoms with E-state index in [2.05, 4.69) is 11.4 Å². The van der Waals surface area contributed by atoms with Crippen LogP contribution >= 0.6 is 0 Å². The van der Waals surface area contributed by atoms with Crippen molar-refractivity contribution in [2.45, 2.75) is 6.92 Å². The summed E-state index contributed by atoms with van der Waals surface area (Å²) < 4.78 is 5.53. The van der Waals surface area contributed by atoms with Crippen LogP contribution in [-0.4, -0.2) is 12.5 Å². The molecule has 0 saturated carbocycles. The van der Waals surface area contributed by atoms with E-state index in [4.69, 9.17) is 4.74 Å². The van der Waals surface area contributed by atoms with Gasteiger partial charge in [0.2, 0.25) is 0 Å². The number of benzene rings is 3. The average molecular weight is 368 g/mol. The second kappa shape index (κ2) is 9.20. The van der Waals surface area contributed by atoms with Crippen LogP contribution in [0.15, 0.2) is 78.9 Å². The van der Waals surface area contributed by atoms with Gasteiger partial charge in [-0.3, -0.25) is 4.79 Å². The van der Waals surface area contributed by atoms with Crippen molar-refractivity contribution in [3.8, 4) is 11.8 Å². The summed E-state index contributed by atoms with van der Waals surface area (Å²) in [4.78, 5) is 11.9. The lowest BCUT2D eigenvalue weighted by molar-refractivity contribution is -0.118. The molecule has 0 aromatic heterocycles. The number of nitrogens with one attached hydrogen (secondary N) is 1. The van der Waals surface area contributed by atoms with E-state index in [1.807, 2.05) is 79.7 Å². The van der Waals surface area contributed by atoms with Crippen molar-refractivity contribution < 1.29 is 9.53 Å². The van der Waals surface area contributed by atoms with E-state index in [9.17, 15) is 10.1 Å². The third-order valence-corrected chi connectivity index (χ3v) is 4.10. The van der Waals surface area contributed by atoms with Gasteiger partial charge >= 0.3 is 0 Å². The third kappa shape index (κ3) is 5.33. The number of hydrogen-bond acceptors (Lipinski definition) is 3. The van der Waals surface area contributed by atoms with Crippen LogP contribution < -0.4 is 10.1 Å². The van der Waals surface area contributed by atoms with Crippen molar-refractivity contribution in [1.29, 1.82) is 5.26 Å². The normalized spacial score (nSPS) is 10.8. The number of carbonyl (C=O) groups excluding carboxylic acids is 1. The molecule has 0 bridgehead atoms. The molecule has 1 amide bonds. The second-order valence-corrected chi connectivity index (χ2v) is 6.31. The van der Waals surface area contributed by atoms with E-state index in [1.165, 1.54) is 0 Å². The van der Waals surface area contributed by atoms with Crippen molar-refractivity contribution in [2.75, 3.05) is 11.9 Å². The fraction of sp³-hybridized carbons (Fsp3) is 0.0833. The van der Waals surface area contributed by atoms with Gasteiger partial charge in [-0.15, -0.1) is 0 Å². The molecule has 4 nitrogen and oxygen atoms in total. The lowest BCUT2D eigenvalue weighted by Gasteiger charge is -2.08. The van der Waals surface area contributed by atoms with Gasteiger partial charge in [0.1, 0.15) is 5.75 Å². The van der Waals surface area contributed by atoms with Crippen molar-refractivity contribution in [3.05, 3.63) is 95.6 Å². The first-order valence-corrected chi connectivity index (χ1v) is 8.90. The van der Waals surface area contributed by atoms with Crippen molar-refractivity contribution >= 4 is 23.2 Å². The smallest absolute Gasteiger partial charge is 0.262 e. The van der Waals surface area contributed by atoms with Crippen LogP contribution in [0.25, 0.3) is 11.6 Å². The maximum absolute atomic E-state index is 11.9. The number of nitrogens with zero attached hydrogens (tertiary/aromatic N) is 1. The predicted molar refractivity (Wildman–Crippen MR) is 112 cm³/mol. The van der Waals surface area contributed by atoms with Gasteiger partial charge in [0.15, 0.2) is 6.61 Å². The van der Waals surface area contributed by atoms with Gasteiger partial charge in [0, 0.05) is 5.69 Å². The van der Waals surface area contributed by atoms with Gasteiger partial charge in [-0.2, -0.15) is 5.26 Å². The Kier molecular flexibility index (Phi) is 6.22. The van der Waals surface area contributed by atoms with E-state index in [0.29, 0.717) is 11.3 Å². The predicted octanol–water partition coefficient (Wildman–Crippen LogP) is 5.08. The maximum atomic E-state index is 11.9. The molecular formula is C24H20N2O2. The fourth-order valence-corrected chi connectivity index (χ4v) is 2.61. The zero-order chi connectivity index (χ0) is 19.8. The first-order chi connectivity index (χ1) is 13.6. The van der Waals surface area contributed by atoms with Gasteiger partial charge in [-0.1, -0.05) is 60.2 Å². The summed E-state index contributed by atoms with van der Waals surface area (Å²) in [6.45, 7) is 1.94. The fourth-order valence-electron chi connectivity index (χ4n) is 2.61. The number of hydrogen-bond donors (Lipinski definition) is 1. The number of nitriles is 1. The zero-order valence-corrected chi connectivity index (χ0v) is 15.6. The van der Waals surface area contributed by atoms with Crippen LogP contribution in [0.3, 0.4) is 0 Å². The molecule has 3 aromatic rings. The van der Waals surface area contributed by atoms with E-state index in [-0.39, 0.29) is 12.5 Å². The molecular weight excluding hydrogens is 348 g/mol. The Bertz CT molecular complexity index is 999. The standard InChI is InChI=1S/C24H20N2O2/c1-18-7-11-20(12-8-18)21(16-25)15-19-9-13-23(14-10-19)28-17-24(27)26-22-5-3-2-4-6-22/h2-15H,17H2,1H3,(H,26,27)/b21-15-. The van der Waals surface area contributed by atoms with E-state index in [0.717, 1.165) is 22.4 Å². The number of rotatable bonds is 6. The molecule has 0 fully saturated rings. The first kappa shape index (κ1) is 18.9. The van der Waals surface area contributed by atoms with E-state index < -0.39 is 0 Å². The Morgan fingerprint density at radius 3 is 2.32 bits per heavy atom. The molecule has 138 valence electrons. The van der Waals surface area contributed by atoms with Crippen LogP contribution in [-0.2, 0) is 4.79 Å². The maximum Gasteiger partial charge on any atom is 0.262 e. The Labute approximate surface area is 164 Å². The number of amides is 1. The van der Waals surface area contributed by atoms with Gasteiger partial charge in [0.25, 0.3) is 5.91 Å². The molecule has 0 aliphatic rings. The molecule has 0 heterocycles. The van der Waals surface area contributed by atoms with Gasteiger partial charge in [-0.05, 0) is 48.4 Å². The number of anilines is 1. The first-order valence-electron chi connectivity index (χ1n) is 8.90. The van der Waals surface area contributed by atoms with Crippen LogP contribution in [0.2, 0.25) is 0 Å². The lowest BCUT2D eigenvalue weighted by atomic mass is 10.0. The molecule has 0 radical (unpaired) electrons. The van der Waals surface area contributed by atoms with Crippen molar-refractivity contribution in [2.24, 2.45) is 0 Å². The molecule has 0 aliphatic carbocycles. The molecule has 0 aliphatic heterocycles. The Morgan fingerprint density at radius 1 is 1.00 bits per heavy atom. The number of aryl methyl sites for hydroxylation is 1. The van der Waals surface area contributed by atoms with Crippen LogP contribution in [0.5, 0.6) is 5.75 Å². The minimum absolute atomic E-state index is 0.0725. The SMILES string of the molecule is Cc1ccc(/C(C#N)=C\c2ccc(OCC(=O)Nc3ccccc3)cc2)cc1. The molecule has 0 atom stereocenters. The molecule has 0 spiro atoms. The number of allylic oxidation sites excluding steroid dienone is 1. The minimum atomic E-state index is -0.221. The van der Waals surface area contributed by atoms with Gasteiger partial charge < -0.3 is 10.1 Å². The summed E-state index contributed by atoms with van der Waals surface area (Å²) in [5.41, 5.74) is 4.25. The van der Waals surface area contributed by atoms with Gasteiger partial charge in [-0.25, -0.2) is 0 Å². The molecule has 28 heavy (non-hydrogen) atoms. The summed E-state index contributed by atoms with van der Waals surface area (Å²) in [5, 5.41) is 12.2. The largest absolute Gasteiger partial charge is 0.484 e. The summed E-state index contributed by atoms with van der Waals surface area (Å²) in [6.07, 6.45) is 1.83. The Hall–Kier alpha value is -3.84. The van der Waals surface area contributed by atoms with E-state index in [1.54, 1.807) is 12.1 Å². The van der Waals surface area contributed by atoms with Crippen LogP contribution in [0, 0.1) is 18.3 Å². The average Bonchev–Trinajstić information content (AvgIpc) is 2.73. The Morgan fingerprint density at radius 2 is 1.68 bits per heavy atom. The minimum Gasteiger partial charge on any atom is -0.484 e. The Balaban J connectivity index is 1.60. The summed E-state index contributed by atoms with van der Waals surface area (Å²) >= 11 is 0. The summed E-state index contributed by atoms with van der Waals surface area (Å²) in [7, 11) is 0. The summed E-state index contributed by atoms with van der Waals surface area (Å²) in [5.74, 6) is 0.371. The molecule has 4 heteroatoms. The van der Waals surface area contributed by atoms with Crippen LogP contribution in [0.4, 0.5) is 5.69 Å². The number of ether oxygens (including phenoxy) is 1. The van der Waals surface area contributed by atoms with Gasteiger partial charge in [0.05, 0.1) is 11.6 Å². The third-order valence-electron chi connectivity index (χ3n) is 4.10. The summed E-state index contributed by atoms with van der Waals surface area (Å²) in [6, 6.07) is 26.6. The van der Waals surface area contributed by atoms with Crippen LogP contribution in [0.1, 0.15) is 16.7 Å². The highest BCUT2D eigenvalue weighted by Crippen LogP contribution is 2.20. The van der Waals surface area contributed by atoms with Crippen molar-refractivity contribution in [3.63, 3.8) is 0 Å². The molecule has 0 saturated heterocycles. The molecule has 3 rings (SSSR count). The second-order valence-electron chi connectivity index (χ2n) is 6.31. The van der Waals surface area contributed by atoms with Crippen molar-refractivity contribution in [1.82, 2.24) is 0 Å². The number of para-hydroxylation sites is 1. The highest BCUT2D eigenvalue weighted by Gasteiger charge is 2.04. The topological polar surface area (TPSA) is 62.1 Å². The lowest BCUT2D eigenvalue weighted by Crippen LogP contribution is -2.20. The molecule has 1 N–H and O–H groups in total. The monoisotopic (exact) mass is 368 g/mol. The zero-order valence-electron chi connectivity index (χ0n) is 15.6. The van der Waals surface area contributed by atoms with E-state index >= 15 is 0 Å². The molecule has 0 unspecified atom stereocenters. The molecule has 3 aromatic carbocycles. The highest BCUT2D eigenvalue weighted by molar-refractivity contribution is 5.92. The quantitative estimate of drug-likeness (QED) is 0.488. The highest BCUT2D eigenvalue weighted by atomic mass is 16.5. The number of carbonyl (C=O) groups is 1.